The molecule has 1 aromatic carbocycles. The number of fused-ring (bicyclic) bond motifs is 1. The highest BCUT2D eigenvalue weighted by Crippen LogP contribution is 2.45. The molecule has 2 atom stereocenters. The number of rotatable bonds is 6. The second-order valence-electron chi connectivity index (χ2n) is 7.82. The number of nitriles is 1. The normalized spacial score (nSPS) is 19.9. The molecule has 1 aliphatic heterocycles. The molecule has 0 radical (unpaired) electrons. The minimum atomic E-state index is -0.516. The number of carbonyl (C=O) groups is 3. The lowest BCUT2D eigenvalue weighted by Gasteiger charge is -2.33. The van der Waals surface area contributed by atoms with E-state index in [2.05, 4.69) is 21.7 Å². The average Bonchev–Trinajstić information content (AvgIpc) is 3.32. The van der Waals surface area contributed by atoms with Gasteiger partial charge in [-0.3, -0.25) is 14.4 Å². The summed E-state index contributed by atoms with van der Waals surface area (Å²) >= 11 is 1.17. The third kappa shape index (κ3) is 5.07. The number of hydrogen-bond acceptors (Lipinski definition) is 7. The van der Waals surface area contributed by atoms with Gasteiger partial charge in [-0.25, -0.2) is 4.99 Å². The molecule has 0 saturated heterocycles. The van der Waals surface area contributed by atoms with Gasteiger partial charge in [0.05, 0.1) is 35.5 Å². The number of aliphatic imine (C=N–C) groups is 1. The van der Waals surface area contributed by atoms with Crippen molar-refractivity contribution in [3.63, 3.8) is 0 Å². The lowest BCUT2D eigenvalue weighted by atomic mass is 9.72. The number of benzene rings is 1. The maximum atomic E-state index is 12.7. The van der Waals surface area contributed by atoms with Gasteiger partial charge >= 0.3 is 0 Å². The number of carbonyl (C=O) groups excluding carboxylic acids is 3. The number of amides is 2. The minimum Gasteiger partial charge on any atom is -0.469 e. The quantitative estimate of drug-likeness (QED) is 0.661. The Hall–Kier alpha value is -3.64. The smallest absolute Gasteiger partial charge is 0.234 e. The lowest BCUT2D eigenvalue weighted by Crippen LogP contribution is -2.37. The maximum absolute atomic E-state index is 12.7. The van der Waals surface area contributed by atoms with Crippen molar-refractivity contribution < 1.29 is 18.8 Å². The molecule has 9 heteroatoms. The minimum absolute atomic E-state index is 0.0498. The molecule has 33 heavy (non-hydrogen) atoms. The van der Waals surface area contributed by atoms with Crippen LogP contribution in [0.1, 0.15) is 37.9 Å². The molecule has 2 amide bonds. The van der Waals surface area contributed by atoms with E-state index in [9.17, 15) is 19.6 Å². The number of nitrogens with zero attached hydrogens (tertiary/aromatic N) is 2. The summed E-state index contributed by atoms with van der Waals surface area (Å²) in [5, 5.41) is 15.8. The molecular weight excluding hydrogens is 440 g/mol. The van der Waals surface area contributed by atoms with Gasteiger partial charge in [-0.05, 0) is 49.2 Å². The fourth-order valence-corrected chi connectivity index (χ4v) is 4.96. The number of hydrogen-bond donors (Lipinski definition) is 2. The van der Waals surface area contributed by atoms with Crippen LogP contribution in [-0.2, 0) is 14.4 Å². The van der Waals surface area contributed by atoms with Crippen molar-refractivity contribution >= 4 is 46.4 Å². The van der Waals surface area contributed by atoms with Crippen molar-refractivity contribution in [3.05, 3.63) is 59.0 Å². The Kier molecular flexibility index (Phi) is 6.75. The molecule has 2 aromatic rings. The summed E-state index contributed by atoms with van der Waals surface area (Å²) in [5.74, 6) is -0.757. The Bertz CT molecular complexity index is 1180. The molecular formula is C24H22N4O4S. The van der Waals surface area contributed by atoms with Gasteiger partial charge in [0, 0.05) is 30.4 Å². The summed E-state index contributed by atoms with van der Waals surface area (Å²) in [6.45, 7) is 1.42. The number of allylic oxidation sites excluding steroid dienone is 1. The van der Waals surface area contributed by atoms with Crippen LogP contribution in [0.3, 0.4) is 0 Å². The van der Waals surface area contributed by atoms with E-state index in [1.165, 1.54) is 24.9 Å². The first-order chi connectivity index (χ1) is 16.0. The van der Waals surface area contributed by atoms with Crippen molar-refractivity contribution in [2.75, 3.05) is 16.4 Å². The van der Waals surface area contributed by atoms with E-state index in [1.807, 2.05) is 0 Å². The van der Waals surface area contributed by atoms with Crippen LogP contribution in [0, 0.1) is 17.2 Å². The van der Waals surface area contributed by atoms with E-state index in [0.717, 1.165) is 12.1 Å². The summed E-state index contributed by atoms with van der Waals surface area (Å²) < 4.78 is 5.58. The molecule has 1 fully saturated rings. The van der Waals surface area contributed by atoms with Crippen LogP contribution in [0.25, 0.3) is 0 Å². The average molecular weight is 463 g/mol. The Labute approximate surface area is 195 Å². The fourth-order valence-electron chi connectivity index (χ4n) is 4.11. The highest BCUT2D eigenvalue weighted by Gasteiger charge is 2.43. The number of ketones is 1. The fraction of sp³-hybridized carbons (Fsp3) is 0.292. The lowest BCUT2D eigenvalue weighted by molar-refractivity contribution is -0.122. The summed E-state index contributed by atoms with van der Waals surface area (Å²) in [7, 11) is 0. The first-order valence-electron chi connectivity index (χ1n) is 10.5. The van der Waals surface area contributed by atoms with Gasteiger partial charge in [0.25, 0.3) is 0 Å². The SMILES string of the molecule is CC(=O)Nc1ccc(NC(=O)CSC2=C(C#N)[C@@H](c3ccco3)[C@@H]3C(=O)CCCC3=N2)cc1. The zero-order valence-corrected chi connectivity index (χ0v) is 18.8. The highest BCUT2D eigenvalue weighted by atomic mass is 32.2. The number of nitrogens with one attached hydrogen (secondary N) is 2. The van der Waals surface area contributed by atoms with E-state index < -0.39 is 11.8 Å². The predicted molar refractivity (Wildman–Crippen MR) is 126 cm³/mol. The van der Waals surface area contributed by atoms with Crippen molar-refractivity contribution in [1.82, 2.24) is 0 Å². The van der Waals surface area contributed by atoms with Crippen LogP contribution in [-0.4, -0.2) is 29.1 Å². The van der Waals surface area contributed by atoms with Gasteiger partial charge in [-0.15, -0.1) is 0 Å². The van der Waals surface area contributed by atoms with Gasteiger partial charge < -0.3 is 15.1 Å². The molecule has 0 bridgehead atoms. The first kappa shape index (κ1) is 22.6. The van der Waals surface area contributed by atoms with E-state index in [-0.39, 0.29) is 23.4 Å². The number of anilines is 2. The zero-order valence-electron chi connectivity index (χ0n) is 18.0. The summed E-state index contributed by atoms with van der Waals surface area (Å²) in [6, 6.07) is 12.5. The number of furan rings is 1. The topological polar surface area (TPSA) is 125 Å². The monoisotopic (exact) mass is 462 g/mol. The van der Waals surface area contributed by atoms with Gasteiger partial charge in [0.2, 0.25) is 11.8 Å². The van der Waals surface area contributed by atoms with Crippen LogP contribution >= 0.6 is 11.8 Å². The molecule has 2 N–H and O–H groups in total. The predicted octanol–water partition coefficient (Wildman–Crippen LogP) is 4.25. The highest BCUT2D eigenvalue weighted by molar-refractivity contribution is 8.03. The van der Waals surface area contributed by atoms with Gasteiger partial charge in [-0.2, -0.15) is 5.26 Å². The van der Waals surface area contributed by atoms with Crippen LogP contribution in [0.2, 0.25) is 0 Å². The summed E-state index contributed by atoms with van der Waals surface area (Å²) in [6.07, 6.45) is 3.41. The standard InChI is InChI=1S/C24H22N4O4S/c1-14(29)26-15-7-9-16(10-8-15)27-21(31)13-33-24-17(12-25)22(20-6-3-11-32-20)23-18(28-24)4-2-5-19(23)30/h3,6-11,22-23H,2,4-5,13H2,1H3,(H,26,29)(H,27,31)/t22-,23-/m0/s1. The Morgan fingerprint density at radius 3 is 2.52 bits per heavy atom. The molecule has 1 aromatic heterocycles. The summed E-state index contributed by atoms with van der Waals surface area (Å²) in [4.78, 5) is 41.0. The van der Waals surface area contributed by atoms with Crippen molar-refractivity contribution in [2.45, 2.75) is 32.1 Å². The molecule has 168 valence electrons. The van der Waals surface area contributed by atoms with E-state index in [1.54, 1.807) is 36.4 Å². The third-order valence-electron chi connectivity index (χ3n) is 5.48. The Morgan fingerprint density at radius 2 is 1.88 bits per heavy atom. The second kappa shape index (κ2) is 9.88. The van der Waals surface area contributed by atoms with Gasteiger partial charge in [0.1, 0.15) is 16.6 Å². The van der Waals surface area contributed by atoms with E-state index in [4.69, 9.17) is 4.42 Å². The first-order valence-corrected chi connectivity index (χ1v) is 11.5. The molecule has 4 rings (SSSR count). The van der Waals surface area contributed by atoms with Crippen LogP contribution < -0.4 is 10.6 Å². The molecule has 2 aliphatic rings. The summed E-state index contributed by atoms with van der Waals surface area (Å²) in [5.41, 5.74) is 2.33. The van der Waals surface area contributed by atoms with Crippen molar-refractivity contribution in [2.24, 2.45) is 10.9 Å². The second-order valence-corrected chi connectivity index (χ2v) is 8.78. The largest absolute Gasteiger partial charge is 0.469 e. The number of Topliss-reactive ketones (excluding diaryl/α,β-unsaturated/α-hetero) is 1. The molecule has 2 heterocycles. The van der Waals surface area contributed by atoms with Crippen LogP contribution in [0.5, 0.6) is 0 Å². The maximum Gasteiger partial charge on any atom is 0.234 e. The van der Waals surface area contributed by atoms with Gasteiger partial charge in [0.15, 0.2) is 0 Å². The molecule has 8 nitrogen and oxygen atoms in total. The molecule has 1 saturated carbocycles. The van der Waals surface area contributed by atoms with Gasteiger partial charge in [-0.1, -0.05) is 11.8 Å². The Balaban J connectivity index is 1.50. The molecule has 0 unspecified atom stereocenters. The molecule has 0 spiro atoms. The third-order valence-corrected chi connectivity index (χ3v) is 6.47. The Morgan fingerprint density at radius 1 is 1.15 bits per heavy atom. The number of thioether (sulfide) groups is 1. The van der Waals surface area contributed by atoms with Crippen LogP contribution in [0.4, 0.5) is 11.4 Å². The van der Waals surface area contributed by atoms with E-state index in [0.29, 0.717) is 40.6 Å². The van der Waals surface area contributed by atoms with Crippen molar-refractivity contribution in [1.29, 1.82) is 5.26 Å². The van der Waals surface area contributed by atoms with E-state index >= 15 is 0 Å². The van der Waals surface area contributed by atoms with Crippen molar-refractivity contribution in [3.8, 4) is 6.07 Å². The van der Waals surface area contributed by atoms with Crippen LogP contribution in [0.15, 0.2) is 62.7 Å². The molecule has 1 aliphatic carbocycles. The zero-order chi connectivity index (χ0) is 23.4.